The zero-order valence-electron chi connectivity index (χ0n) is 15.1. The maximum absolute atomic E-state index is 12.1. The first-order chi connectivity index (χ1) is 12.9. The van der Waals surface area contributed by atoms with Crippen LogP contribution in [0.1, 0.15) is 34.5 Å². The number of thiophene rings is 1. The number of ketones is 1. The summed E-state index contributed by atoms with van der Waals surface area (Å²) < 4.78 is 5.21. The van der Waals surface area contributed by atoms with E-state index < -0.39 is 0 Å². The molecule has 0 atom stereocenters. The van der Waals surface area contributed by atoms with Gasteiger partial charge in [-0.25, -0.2) is 0 Å². The van der Waals surface area contributed by atoms with Crippen molar-refractivity contribution in [1.82, 2.24) is 5.32 Å². The van der Waals surface area contributed by atoms with Crippen LogP contribution in [0.3, 0.4) is 0 Å². The number of hydrogen-bond donors (Lipinski definition) is 2. The lowest BCUT2D eigenvalue weighted by Gasteiger charge is -2.12. The van der Waals surface area contributed by atoms with Crippen LogP contribution in [0.2, 0.25) is 5.02 Å². The SMILES string of the molecule is COc1cc(Cl)c(C)cc1NC(=O)CCNC(=O)CCC(=O)c1cccs1. The highest BCUT2D eigenvalue weighted by atomic mass is 35.5. The van der Waals surface area contributed by atoms with Gasteiger partial charge >= 0.3 is 0 Å². The van der Waals surface area contributed by atoms with Crippen molar-refractivity contribution in [3.8, 4) is 5.75 Å². The fourth-order valence-corrected chi connectivity index (χ4v) is 3.18. The normalized spacial score (nSPS) is 10.3. The molecule has 1 heterocycles. The van der Waals surface area contributed by atoms with Gasteiger partial charge in [0.1, 0.15) is 5.75 Å². The summed E-state index contributed by atoms with van der Waals surface area (Å²) in [4.78, 5) is 36.4. The number of carbonyl (C=O) groups is 3. The minimum Gasteiger partial charge on any atom is -0.495 e. The van der Waals surface area contributed by atoms with E-state index in [0.29, 0.717) is 21.3 Å². The van der Waals surface area contributed by atoms with Gasteiger partial charge in [0.2, 0.25) is 11.8 Å². The lowest BCUT2D eigenvalue weighted by molar-refractivity contribution is -0.121. The van der Waals surface area contributed by atoms with Gasteiger partial charge in [0.05, 0.1) is 17.7 Å². The molecule has 2 N–H and O–H groups in total. The number of anilines is 1. The van der Waals surface area contributed by atoms with Crippen molar-refractivity contribution in [1.29, 1.82) is 0 Å². The molecule has 0 saturated carbocycles. The maximum atomic E-state index is 12.1. The van der Waals surface area contributed by atoms with E-state index in [9.17, 15) is 14.4 Å². The van der Waals surface area contributed by atoms with E-state index in [1.54, 1.807) is 24.3 Å². The van der Waals surface area contributed by atoms with Gasteiger partial charge in [-0.15, -0.1) is 11.3 Å². The Morgan fingerprint density at radius 3 is 2.59 bits per heavy atom. The van der Waals surface area contributed by atoms with E-state index in [4.69, 9.17) is 16.3 Å². The number of carbonyl (C=O) groups excluding carboxylic acids is 3. The van der Waals surface area contributed by atoms with Gasteiger partial charge in [-0.1, -0.05) is 17.7 Å². The molecular formula is C19H21ClN2O4S. The first-order valence-electron chi connectivity index (χ1n) is 8.38. The zero-order valence-corrected chi connectivity index (χ0v) is 16.7. The summed E-state index contributed by atoms with van der Waals surface area (Å²) in [5.41, 5.74) is 1.34. The molecule has 144 valence electrons. The Kier molecular flexibility index (Phi) is 7.82. The molecule has 2 amide bonds. The first-order valence-corrected chi connectivity index (χ1v) is 9.64. The fraction of sp³-hybridized carbons (Fsp3) is 0.316. The lowest BCUT2D eigenvalue weighted by Crippen LogP contribution is -2.28. The van der Waals surface area contributed by atoms with E-state index in [-0.39, 0.29) is 43.4 Å². The second-order valence-corrected chi connectivity index (χ2v) is 7.21. The number of ether oxygens (including phenoxy) is 1. The minimum absolute atomic E-state index is 0.0527. The Balaban J connectivity index is 1.73. The molecule has 0 radical (unpaired) electrons. The Bertz CT molecular complexity index is 821. The van der Waals surface area contributed by atoms with E-state index >= 15 is 0 Å². The number of halogens is 1. The third-order valence-corrected chi connectivity index (χ3v) is 5.12. The van der Waals surface area contributed by atoms with Gasteiger partial charge in [0.15, 0.2) is 5.78 Å². The molecule has 2 rings (SSSR count). The van der Waals surface area contributed by atoms with Crippen LogP contribution in [-0.4, -0.2) is 31.3 Å². The molecule has 1 aromatic carbocycles. The summed E-state index contributed by atoms with van der Waals surface area (Å²) in [5.74, 6) is -0.101. The van der Waals surface area contributed by atoms with Crippen LogP contribution in [0.25, 0.3) is 0 Å². The minimum atomic E-state index is -0.259. The van der Waals surface area contributed by atoms with Crippen LogP contribution < -0.4 is 15.4 Å². The van der Waals surface area contributed by atoms with Crippen LogP contribution in [0, 0.1) is 6.92 Å². The molecule has 0 aliphatic rings. The van der Waals surface area contributed by atoms with Gasteiger partial charge < -0.3 is 15.4 Å². The molecule has 0 spiro atoms. The quantitative estimate of drug-likeness (QED) is 0.617. The van der Waals surface area contributed by atoms with Crippen molar-refractivity contribution in [2.24, 2.45) is 0 Å². The number of rotatable bonds is 9. The molecule has 0 fully saturated rings. The van der Waals surface area contributed by atoms with Crippen molar-refractivity contribution in [2.75, 3.05) is 19.0 Å². The fourth-order valence-electron chi connectivity index (χ4n) is 2.33. The van der Waals surface area contributed by atoms with Crippen molar-refractivity contribution in [2.45, 2.75) is 26.2 Å². The molecule has 1 aromatic heterocycles. The molecule has 6 nitrogen and oxygen atoms in total. The molecule has 0 aliphatic heterocycles. The maximum Gasteiger partial charge on any atom is 0.226 e. The second-order valence-electron chi connectivity index (χ2n) is 5.85. The van der Waals surface area contributed by atoms with Crippen molar-refractivity contribution in [3.63, 3.8) is 0 Å². The predicted molar refractivity (Wildman–Crippen MR) is 107 cm³/mol. The summed E-state index contributed by atoms with van der Waals surface area (Å²) in [6.07, 6.45) is 0.359. The number of Topliss-reactive ketones (excluding diaryl/α,β-unsaturated/α-hetero) is 1. The largest absolute Gasteiger partial charge is 0.495 e. The number of methoxy groups -OCH3 is 1. The molecule has 8 heteroatoms. The first kappa shape index (κ1) is 20.9. The Labute approximate surface area is 166 Å². The average molecular weight is 409 g/mol. The number of hydrogen-bond acceptors (Lipinski definition) is 5. The van der Waals surface area contributed by atoms with Crippen molar-refractivity contribution in [3.05, 3.63) is 45.1 Å². The van der Waals surface area contributed by atoms with E-state index in [0.717, 1.165) is 5.56 Å². The van der Waals surface area contributed by atoms with E-state index in [1.165, 1.54) is 18.4 Å². The molecule has 0 bridgehead atoms. The smallest absolute Gasteiger partial charge is 0.226 e. The highest BCUT2D eigenvalue weighted by molar-refractivity contribution is 7.12. The Morgan fingerprint density at radius 1 is 1.15 bits per heavy atom. The molecule has 0 aliphatic carbocycles. The number of nitrogens with one attached hydrogen (secondary N) is 2. The van der Waals surface area contributed by atoms with Crippen LogP contribution in [0.4, 0.5) is 5.69 Å². The van der Waals surface area contributed by atoms with Crippen molar-refractivity contribution >= 4 is 46.2 Å². The van der Waals surface area contributed by atoms with Crippen LogP contribution in [0.15, 0.2) is 29.6 Å². The Hall–Kier alpha value is -2.38. The third-order valence-electron chi connectivity index (χ3n) is 3.80. The highest BCUT2D eigenvalue weighted by Crippen LogP contribution is 2.30. The molecule has 27 heavy (non-hydrogen) atoms. The lowest BCUT2D eigenvalue weighted by atomic mass is 10.2. The van der Waals surface area contributed by atoms with Gasteiger partial charge in [-0.05, 0) is 30.0 Å². The number of benzene rings is 1. The monoisotopic (exact) mass is 408 g/mol. The van der Waals surface area contributed by atoms with Gasteiger partial charge in [0.25, 0.3) is 0 Å². The number of aryl methyl sites for hydroxylation is 1. The average Bonchev–Trinajstić information content (AvgIpc) is 3.17. The van der Waals surface area contributed by atoms with Crippen LogP contribution in [0.5, 0.6) is 5.75 Å². The van der Waals surface area contributed by atoms with Gasteiger partial charge in [-0.2, -0.15) is 0 Å². The number of amides is 2. The topological polar surface area (TPSA) is 84.5 Å². The standard InChI is InChI=1S/C19H21ClN2O4S/c1-12-10-14(16(26-2)11-13(12)20)22-19(25)7-8-21-18(24)6-5-15(23)17-4-3-9-27-17/h3-4,9-11H,5-8H2,1-2H3,(H,21,24)(H,22,25). The van der Waals surface area contributed by atoms with Gasteiger partial charge in [-0.3, -0.25) is 14.4 Å². The Morgan fingerprint density at radius 2 is 1.93 bits per heavy atom. The second kappa shape index (κ2) is 10.1. The summed E-state index contributed by atoms with van der Waals surface area (Å²) in [6, 6.07) is 6.91. The summed E-state index contributed by atoms with van der Waals surface area (Å²) in [6.45, 7) is 2.02. The summed E-state index contributed by atoms with van der Waals surface area (Å²) >= 11 is 7.40. The van der Waals surface area contributed by atoms with Crippen LogP contribution >= 0.6 is 22.9 Å². The molecule has 2 aromatic rings. The summed E-state index contributed by atoms with van der Waals surface area (Å²) in [7, 11) is 1.49. The van der Waals surface area contributed by atoms with Crippen LogP contribution in [-0.2, 0) is 9.59 Å². The highest BCUT2D eigenvalue weighted by Gasteiger charge is 2.12. The molecular weight excluding hydrogens is 388 g/mol. The molecule has 0 saturated heterocycles. The predicted octanol–water partition coefficient (Wildman–Crippen LogP) is 3.83. The zero-order chi connectivity index (χ0) is 19.8. The van der Waals surface area contributed by atoms with E-state index in [2.05, 4.69) is 10.6 Å². The third kappa shape index (κ3) is 6.37. The van der Waals surface area contributed by atoms with E-state index in [1.807, 2.05) is 12.3 Å². The van der Waals surface area contributed by atoms with Crippen molar-refractivity contribution < 1.29 is 19.1 Å². The van der Waals surface area contributed by atoms with Gasteiger partial charge in [0, 0.05) is 36.9 Å². The summed E-state index contributed by atoms with van der Waals surface area (Å²) in [5, 5.41) is 7.77. The molecule has 0 unspecified atom stereocenters.